The molecule has 1 aromatic rings. The lowest BCUT2D eigenvalue weighted by Crippen LogP contribution is -2.46. The molecule has 2 aliphatic heterocycles. The lowest BCUT2D eigenvalue weighted by molar-refractivity contribution is 0.0409. The van der Waals surface area contributed by atoms with Crippen LogP contribution in [0.25, 0.3) is 0 Å². The van der Waals surface area contributed by atoms with Gasteiger partial charge >= 0.3 is 0 Å². The normalized spacial score (nSPS) is 30.7. The van der Waals surface area contributed by atoms with Gasteiger partial charge in [0, 0.05) is 48.6 Å². The van der Waals surface area contributed by atoms with Crippen LogP contribution in [0.4, 0.5) is 0 Å². The van der Waals surface area contributed by atoms with Crippen molar-refractivity contribution in [2.75, 3.05) is 13.1 Å². The number of rotatable bonds is 1. The average Bonchev–Trinajstić information content (AvgIpc) is 2.74. The van der Waals surface area contributed by atoms with E-state index in [9.17, 15) is 0 Å². The Morgan fingerprint density at radius 2 is 2.26 bits per heavy atom. The number of benzene rings is 1. The fourth-order valence-electron chi connectivity index (χ4n) is 3.25. The molecule has 1 unspecified atom stereocenters. The predicted octanol–water partition coefficient (Wildman–Crippen LogP) is 2.98. The second kappa shape index (κ2) is 4.65. The van der Waals surface area contributed by atoms with Gasteiger partial charge in [-0.3, -0.25) is 4.90 Å². The maximum absolute atomic E-state index is 6.33. The number of likely N-dealkylation sites (tertiary alicyclic amines) is 1. The van der Waals surface area contributed by atoms with E-state index in [0.717, 1.165) is 42.3 Å². The van der Waals surface area contributed by atoms with Crippen LogP contribution in [0.2, 0.25) is 5.02 Å². The highest BCUT2D eigenvalue weighted by molar-refractivity contribution is 6.30. The standard InChI is InChI=1S/C15H21ClN2O/c1-10(2)18-6-5-15(9-18)8-13(17)12-7-11(16)3-4-14(12)19-15/h3-4,7,10,13H,5-6,8-9,17H2,1-2H3/t13-,15?/m1/s1. The molecule has 104 valence electrons. The smallest absolute Gasteiger partial charge is 0.125 e. The largest absolute Gasteiger partial charge is 0.485 e. The summed E-state index contributed by atoms with van der Waals surface area (Å²) >= 11 is 6.04. The first kappa shape index (κ1) is 13.2. The fraction of sp³-hybridized carbons (Fsp3) is 0.600. The molecule has 1 saturated heterocycles. The van der Waals surface area contributed by atoms with Gasteiger partial charge < -0.3 is 10.5 Å². The quantitative estimate of drug-likeness (QED) is 0.859. The molecule has 1 fully saturated rings. The maximum Gasteiger partial charge on any atom is 0.125 e. The first-order chi connectivity index (χ1) is 8.99. The molecule has 1 aromatic carbocycles. The molecule has 0 aliphatic carbocycles. The third-order valence-corrected chi connectivity index (χ3v) is 4.60. The first-order valence-electron chi connectivity index (χ1n) is 6.97. The van der Waals surface area contributed by atoms with Gasteiger partial charge in [-0.2, -0.15) is 0 Å². The van der Waals surface area contributed by atoms with Gasteiger partial charge in [0.25, 0.3) is 0 Å². The van der Waals surface area contributed by atoms with Crippen LogP contribution in [0.1, 0.15) is 38.3 Å². The molecule has 3 rings (SSSR count). The van der Waals surface area contributed by atoms with E-state index >= 15 is 0 Å². The highest BCUT2D eigenvalue weighted by Crippen LogP contribution is 2.43. The molecule has 0 saturated carbocycles. The third kappa shape index (κ3) is 2.35. The van der Waals surface area contributed by atoms with Gasteiger partial charge in [-0.25, -0.2) is 0 Å². The van der Waals surface area contributed by atoms with Crippen LogP contribution in [0.15, 0.2) is 18.2 Å². The van der Waals surface area contributed by atoms with Crippen molar-refractivity contribution in [1.29, 1.82) is 0 Å². The summed E-state index contributed by atoms with van der Waals surface area (Å²) < 4.78 is 6.31. The molecule has 3 nitrogen and oxygen atoms in total. The van der Waals surface area contributed by atoms with Gasteiger partial charge in [0.15, 0.2) is 0 Å². The van der Waals surface area contributed by atoms with E-state index in [4.69, 9.17) is 22.1 Å². The Kier molecular flexibility index (Phi) is 3.24. The van der Waals surface area contributed by atoms with Crippen LogP contribution in [0, 0.1) is 0 Å². The van der Waals surface area contributed by atoms with Crippen molar-refractivity contribution in [3.8, 4) is 5.75 Å². The van der Waals surface area contributed by atoms with Crippen molar-refractivity contribution in [3.63, 3.8) is 0 Å². The second-order valence-electron chi connectivity index (χ2n) is 6.09. The minimum Gasteiger partial charge on any atom is -0.485 e. The van der Waals surface area contributed by atoms with Crippen LogP contribution in [-0.4, -0.2) is 29.6 Å². The summed E-state index contributed by atoms with van der Waals surface area (Å²) in [5.41, 5.74) is 7.27. The number of hydrogen-bond acceptors (Lipinski definition) is 3. The Bertz CT molecular complexity index is 491. The Hall–Kier alpha value is -0.770. The van der Waals surface area contributed by atoms with Crippen molar-refractivity contribution in [2.45, 2.75) is 44.4 Å². The summed E-state index contributed by atoms with van der Waals surface area (Å²) in [6, 6.07) is 6.35. The first-order valence-corrected chi connectivity index (χ1v) is 7.35. The molecule has 2 aliphatic rings. The van der Waals surface area contributed by atoms with E-state index in [2.05, 4.69) is 18.7 Å². The van der Waals surface area contributed by atoms with E-state index in [1.54, 1.807) is 0 Å². The molecule has 0 radical (unpaired) electrons. The SMILES string of the molecule is CC(C)N1CCC2(C[C@@H](N)c3cc(Cl)ccc3O2)C1. The van der Waals surface area contributed by atoms with E-state index < -0.39 is 0 Å². The lowest BCUT2D eigenvalue weighted by atomic mass is 9.87. The summed E-state index contributed by atoms with van der Waals surface area (Å²) in [5, 5.41) is 0.726. The zero-order chi connectivity index (χ0) is 13.6. The lowest BCUT2D eigenvalue weighted by Gasteiger charge is -2.39. The van der Waals surface area contributed by atoms with Crippen molar-refractivity contribution < 1.29 is 4.74 Å². The maximum atomic E-state index is 6.33. The number of nitrogens with zero attached hydrogens (tertiary/aromatic N) is 1. The Morgan fingerprint density at radius 1 is 1.47 bits per heavy atom. The van der Waals surface area contributed by atoms with Gasteiger partial charge in [-0.15, -0.1) is 0 Å². The number of hydrogen-bond donors (Lipinski definition) is 1. The predicted molar refractivity (Wildman–Crippen MR) is 77.7 cm³/mol. The Labute approximate surface area is 119 Å². The van der Waals surface area contributed by atoms with Crippen molar-refractivity contribution >= 4 is 11.6 Å². The molecule has 19 heavy (non-hydrogen) atoms. The summed E-state index contributed by atoms with van der Waals surface area (Å²) in [6.07, 6.45) is 1.94. The molecule has 2 heterocycles. The highest BCUT2D eigenvalue weighted by Gasteiger charge is 2.45. The molecule has 1 spiro atoms. The van der Waals surface area contributed by atoms with Crippen LogP contribution < -0.4 is 10.5 Å². The zero-order valence-corrected chi connectivity index (χ0v) is 12.3. The summed E-state index contributed by atoms with van der Waals surface area (Å²) in [7, 11) is 0. The van der Waals surface area contributed by atoms with Gasteiger partial charge in [-0.05, 0) is 32.0 Å². The van der Waals surface area contributed by atoms with Gasteiger partial charge in [-0.1, -0.05) is 11.6 Å². The van der Waals surface area contributed by atoms with Crippen LogP contribution in [0.5, 0.6) is 5.75 Å². The molecule has 0 aromatic heterocycles. The average molecular weight is 281 g/mol. The number of fused-ring (bicyclic) bond motifs is 1. The summed E-state index contributed by atoms with van der Waals surface area (Å²) in [5.74, 6) is 0.911. The molecule has 2 N–H and O–H groups in total. The topological polar surface area (TPSA) is 38.5 Å². The minimum absolute atomic E-state index is 0.0227. The minimum atomic E-state index is -0.107. The van der Waals surface area contributed by atoms with Gasteiger partial charge in [0.05, 0.1) is 0 Å². The van der Waals surface area contributed by atoms with Crippen molar-refractivity contribution in [1.82, 2.24) is 4.90 Å². The molecule has 0 bridgehead atoms. The van der Waals surface area contributed by atoms with Crippen LogP contribution in [-0.2, 0) is 0 Å². The second-order valence-corrected chi connectivity index (χ2v) is 6.53. The van der Waals surface area contributed by atoms with Crippen LogP contribution >= 0.6 is 11.6 Å². The summed E-state index contributed by atoms with van der Waals surface area (Å²) in [6.45, 7) is 6.53. The highest BCUT2D eigenvalue weighted by atomic mass is 35.5. The Morgan fingerprint density at radius 3 is 2.95 bits per heavy atom. The molecule has 0 amide bonds. The van der Waals surface area contributed by atoms with Gasteiger partial charge in [0.1, 0.15) is 11.4 Å². The van der Waals surface area contributed by atoms with E-state index in [1.807, 2.05) is 18.2 Å². The monoisotopic (exact) mass is 280 g/mol. The summed E-state index contributed by atoms with van der Waals surface area (Å²) in [4.78, 5) is 2.47. The molecular weight excluding hydrogens is 260 g/mol. The molecular formula is C15H21ClN2O. The number of halogens is 1. The number of ether oxygens (including phenoxy) is 1. The van der Waals surface area contributed by atoms with E-state index in [-0.39, 0.29) is 11.6 Å². The Balaban J connectivity index is 1.87. The van der Waals surface area contributed by atoms with E-state index in [1.165, 1.54) is 0 Å². The third-order valence-electron chi connectivity index (χ3n) is 4.37. The van der Waals surface area contributed by atoms with Crippen molar-refractivity contribution in [2.24, 2.45) is 5.73 Å². The fourth-order valence-corrected chi connectivity index (χ4v) is 3.43. The zero-order valence-electron chi connectivity index (χ0n) is 11.5. The molecule has 2 atom stereocenters. The van der Waals surface area contributed by atoms with Gasteiger partial charge in [0.2, 0.25) is 0 Å². The molecule has 4 heteroatoms. The van der Waals surface area contributed by atoms with Crippen molar-refractivity contribution in [3.05, 3.63) is 28.8 Å². The number of nitrogens with two attached hydrogens (primary N) is 1. The van der Waals surface area contributed by atoms with E-state index in [0.29, 0.717) is 6.04 Å². The van der Waals surface area contributed by atoms with Crippen LogP contribution in [0.3, 0.4) is 0 Å².